The summed E-state index contributed by atoms with van der Waals surface area (Å²) in [4.78, 5) is 29.7. The molecule has 35 heavy (non-hydrogen) atoms. The predicted octanol–water partition coefficient (Wildman–Crippen LogP) is 4.65. The van der Waals surface area contributed by atoms with Crippen molar-refractivity contribution >= 4 is 23.2 Å². The number of halogens is 3. The van der Waals surface area contributed by atoms with Crippen molar-refractivity contribution in [2.24, 2.45) is 0 Å². The van der Waals surface area contributed by atoms with Crippen molar-refractivity contribution in [2.75, 3.05) is 0 Å². The van der Waals surface area contributed by atoms with E-state index in [-0.39, 0.29) is 34.2 Å². The molecule has 0 fully saturated rings. The van der Waals surface area contributed by atoms with Crippen LogP contribution in [0, 0.1) is 12.9 Å². The number of hydrogen-bond acceptors (Lipinski definition) is 7. The minimum Gasteiger partial charge on any atom is -0.470 e. The molecule has 0 aliphatic carbocycles. The van der Waals surface area contributed by atoms with Crippen LogP contribution in [0.5, 0.6) is 5.88 Å². The smallest absolute Gasteiger partial charge is 0.280 e. The maximum atomic E-state index is 13.3. The summed E-state index contributed by atoms with van der Waals surface area (Å²) in [6.07, 6.45) is 1.54. The van der Waals surface area contributed by atoms with Crippen LogP contribution in [0.2, 0.25) is 10.0 Å². The number of benzene rings is 1. The first-order valence-corrected chi connectivity index (χ1v) is 11.2. The van der Waals surface area contributed by atoms with Gasteiger partial charge < -0.3 is 9.84 Å². The second-order valence-electron chi connectivity index (χ2n) is 8.15. The highest BCUT2D eigenvalue weighted by atomic mass is 35.5. The van der Waals surface area contributed by atoms with Gasteiger partial charge in [-0.3, -0.25) is 9.36 Å². The fourth-order valence-corrected chi connectivity index (χ4v) is 3.68. The summed E-state index contributed by atoms with van der Waals surface area (Å²) in [6.45, 7) is 4.65. The molecule has 0 aliphatic rings. The summed E-state index contributed by atoms with van der Waals surface area (Å²) in [7, 11) is 0. The van der Waals surface area contributed by atoms with Crippen molar-refractivity contribution < 1.29 is 14.2 Å². The van der Waals surface area contributed by atoms with Crippen LogP contribution in [-0.2, 0) is 12.2 Å². The molecule has 0 saturated heterocycles. The van der Waals surface area contributed by atoms with Crippen LogP contribution < -0.4 is 10.3 Å². The number of hydrogen-bond donors (Lipinski definition) is 1. The van der Waals surface area contributed by atoms with Crippen molar-refractivity contribution in [1.29, 1.82) is 0 Å². The third-order valence-corrected chi connectivity index (χ3v) is 5.62. The predicted molar refractivity (Wildman–Crippen MR) is 129 cm³/mol. The molecule has 4 rings (SSSR count). The van der Waals surface area contributed by atoms with Gasteiger partial charge >= 0.3 is 0 Å². The van der Waals surface area contributed by atoms with E-state index in [0.717, 1.165) is 0 Å². The zero-order valence-electron chi connectivity index (χ0n) is 19.0. The van der Waals surface area contributed by atoms with Gasteiger partial charge in [0.1, 0.15) is 18.0 Å². The number of pyridine rings is 1. The fraction of sp³-hybridized carbons (Fsp3) is 0.208. The van der Waals surface area contributed by atoms with Gasteiger partial charge in [-0.1, -0.05) is 35.3 Å². The summed E-state index contributed by atoms with van der Waals surface area (Å²) in [6, 6.07) is 11.0. The molecule has 3 aromatic heterocycles. The van der Waals surface area contributed by atoms with Crippen LogP contribution in [0.15, 0.2) is 53.5 Å². The highest BCUT2D eigenvalue weighted by molar-refractivity contribution is 6.33. The molecule has 0 atom stereocenters. The average molecular weight is 516 g/mol. The van der Waals surface area contributed by atoms with Crippen molar-refractivity contribution in [1.82, 2.24) is 24.5 Å². The lowest BCUT2D eigenvalue weighted by Gasteiger charge is -2.17. The summed E-state index contributed by atoms with van der Waals surface area (Å²) in [5.74, 6) is -0.238. The molecular weight excluding hydrogens is 496 g/mol. The molecular formula is C24H20Cl2FN5O3. The standard InChI is InChI=1S/C24H20Cl2FN5O3/c1-13-29-21(35-12-15-5-4-6-19(27)30-15)20(26)22(33)32(13)18-11-14(7-8-16(18)25)17-9-10-28-23(31-17)24(2,3)34/h4-11,34H,12H2,1-3H3. The van der Waals surface area contributed by atoms with Crippen LogP contribution in [-0.4, -0.2) is 29.6 Å². The van der Waals surface area contributed by atoms with E-state index >= 15 is 0 Å². The molecule has 0 unspecified atom stereocenters. The molecule has 0 amide bonds. The number of rotatable bonds is 6. The third-order valence-electron chi connectivity index (χ3n) is 4.98. The summed E-state index contributed by atoms with van der Waals surface area (Å²) >= 11 is 12.7. The van der Waals surface area contributed by atoms with Crippen molar-refractivity contribution in [3.63, 3.8) is 0 Å². The molecule has 1 aromatic carbocycles. The first-order valence-electron chi connectivity index (χ1n) is 10.4. The quantitative estimate of drug-likeness (QED) is 0.373. The topological polar surface area (TPSA) is 103 Å². The number of aliphatic hydroxyl groups is 1. The number of ether oxygens (including phenoxy) is 1. The zero-order valence-corrected chi connectivity index (χ0v) is 20.5. The van der Waals surface area contributed by atoms with E-state index < -0.39 is 17.1 Å². The van der Waals surface area contributed by atoms with Crippen LogP contribution >= 0.6 is 23.2 Å². The van der Waals surface area contributed by atoms with Crippen LogP contribution in [0.3, 0.4) is 0 Å². The fourth-order valence-electron chi connectivity index (χ4n) is 3.29. The van der Waals surface area contributed by atoms with E-state index in [9.17, 15) is 14.3 Å². The molecule has 180 valence electrons. The maximum Gasteiger partial charge on any atom is 0.280 e. The zero-order chi connectivity index (χ0) is 25.3. The number of aryl methyl sites for hydroxylation is 1. The van der Waals surface area contributed by atoms with Gasteiger partial charge in [-0.25, -0.2) is 15.0 Å². The average Bonchev–Trinajstić information content (AvgIpc) is 2.81. The van der Waals surface area contributed by atoms with Crippen LogP contribution in [0.1, 0.15) is 31.2 Å². The molecule has 0 spiro atoms. The molecule has 1 N–H and O–H groups in total. The number of nitrogens with zero attached hydrogens (tertiary/aromatic N) is 5. The molecule has 0 saturated carbocycles. The summed E-state index contributed by atoms with van der Waals surface area (Å²) in [5, 5.41) is 10.3. The molecule has 4 aromatic rings. The minimum absolute atomic E-state index is 0.102. The first kappa shape index (κ1) is 24.7. The Morgan fingerprint density at radius 2 is 1.89 bits per heavy atom. The van der Waals surface area contributed by atoms with Gasteiger partial charge in [0, 0.05) is 11.8 Å². The Kier molecular flexibility index (Phi) is 6.84. The van der Waals surface area contributed by atoms with Gasteiger partial charge in [-0.2, -0.15) is 9.37 Å². The lowest BCUT2D eigenvalue weighted by atomic mass is 10.1. The Bertz CT molecular complexity index is 1470. The van der Waals surface area contributed by atoms with Gasteiger partial charge in [0.2, 0.25) is 11.8 Å². The molecule has 0 aliphatic heterocycles. The second-order valence-corrected chi connectivity index (χ2v) is 8.93. The highest BCUT2D eigenvalue weighted by Crippen LogP contribution is 2.29. The Morgan fingerprint density at radius 3 is 2.60 bits per heavy atom. The highest BCUT2D eigenvalue weighted by Gasteiger charge is 2.21. The molecule has 11 heteroatoms. The lowest BCUT2D eigenvalue weighted by molar-refractivity contribution is 0.0688. The van der Waals surface area contributed by atoms with E-state index in [1.165, 1.54) is 16.7 Å². The van der Waals surface area contributed by atoms with Crippen molar-refractivity contribution in [2.45, 2.75) is 33.0 Å². The molecule has 8 nitrogen and oxygen atoms in total. The van der Waals surface area contributed by atoms with E-state index in [1.54, 1.807) is 57.3 Å². The van der Waals surface area contributed by atoms with E-state index in [0.29, 0.717) is 22.6 Å². The molecule has 3 heterocycles. The van der Waals surface area contributed by atoms with Crippen LogP contribution in [0.4, 0.5) is 4.39 Å². The second kappa shape index (κ2) is 9.69. The van der Waals surface area contributed by atoms with Crippen LogP contribution in [0.25, 0.3) is 16.9 Å². The van der Waals surface area contributed by atoms with Gasteiger partial charge in [0.05, 0.1) is 22.1 Å². The Balaban J connectivity index is 1.72. The number of aromatic nitrogens is 5. The lowest BCUT2D eigenvalue weighted by Crippen LogP contribution is -2.24. The minimum atomic E-state index is -1.23. The third kappa shape index (κ3) is 5.32. The maximum absolute atomic E-state index is 13.3. The SMILES string of the molecule is Cc1nc(OCc2cccc(F)n2)c(Cl)c(=O)n1-c1cc(-c2ccnc(C(C)(C)O)n2)ccc1Cl. The Morgan fingerprint density at radius 1 is 1.11 bits per heavy atom. The summed E-state index contributed by atoms with van der Waals surface area (Å²) in [5.41, 5.74) is -0.00830. The van der Waals surface area contributed by atoms with Gasteiger partial charge in [-0.05, 0) is 51.1 Å². The van der Waals surface area contributed by atoms with Crippen molar-refractivity contribution in [3.05, 3.63) is 92.4 Å². The van der Waals surface area contributed by atoms with Gasteiger partial charge in [0.15, 0.2) is 10.8 Å². The monoisotopic (exact) mass is 515 g/mol. The van der Waals surface area contributed by atoms with E-state index in [2.05, 4.69) is 19.9 Å². The molecule has 0 radical (unpaired) electrons. The van der Waals surface area contributed by atoms with Gasteiger partial charge in [0.25, 0.3) is 5.56 Å². The largest absolute Gasteiger partial charge is 0.470 e. The first-order chi connectivity index (χ1) is 16.5. The van der Waals surface area contributed by atoms with Gasteiger partial charge in [-0.15, -0.1) is 0 Å². The van der Waals surface area contributed by atoms with Crippen molar-refractivity contribution in [3.8, 4) is 22.8 Å². The Hall–Kier alpha value is -3.40. The van der Waals surface area contributed by atoms with E-state index in [4.69, 9.17) is 27.9 Å². The van der Waals surface area contributed by atoms with E-state index in [1.807, 2.05) is 0 Å². The normalized spacial score (nSPS) is 11.5. The summed E-state index contributed by atoms with van der Waals surface area (Å²) < 4.78 is 20.1. The Labute approximate surface area is 210 Å². The molecule has 0 bridgehead atoms.